The molecule has 3 rings (SSSR count). The maximum atomic E-state index is 12.5. The highest BCUT2D eigenvalue weighted by atomic mass is 16.3. The number of piperidine rings is 1. The highest BCUT2D eigenvalue weighted by Gasteiger charge is 2.26. The molecule has 2 aromatic heterocycles. The molecule has 7 heteroatoms. The number of carbonyl (C=O) groups excluding carboxylic acids is 2. The highest BCUT2D eigenvalue weighted by Crippen LogP contribution is 2.27. The summed E-state index contributed by atoms with van der Waals surface area (Å²) in [4.78, 5) is 30.3. The Bertz CT molecular complexity index is 756. The SMILES string of the molecule is CC(=O)N1CCC(n2c(C)nc(C(=O)NCc3ccco3)c2C)CC1. The Kier molecular flexibility index (Phi) is 4.92. The fourth-order valence-electron chi connectivity index (χ4n) is 3.51. The minimum atomic E-state index is -0.197. The molecule has 0 unspecified atom stereocenters. The van der Waals surface area contributed by atoms with Crippen LogP contribution in [-0.2, 0) is 11.3 Å². The van der Waals surface area contributed by atoms with Crippen molar-refractivity contribution < 1.29 is 14.0 Å². The van der Waals surface area contributed by atoms with E-state index in [0.29, 0.717) is 18.0 Å². The third-order valence-electron chi connectivity index (χ3n) is 4.82. The Morgan fingerprint density at radius 2 is 2.04 bits per heavy atom. The van der Waals surface area contributed by atoms with Gasteiger partial charge in [-0.25, -0.2) is 4.98 Å². The first kappa shape index (κ1) is 17.3. The van der Waals surface area contributed by atoms with Gasteiger partial charge >= 0.3 is 0 Å². The zero-order valence-electron chi connectivity index (χ0n) is 14.9. The molecule has 1 N–H and O–H groups in total. The van der Waals surface area contributed by atoms with Gasteiger partial charge in [0.1, 0.15) is 17.3 Å². The summed E-state index contributed by atoms with van der Waals surface area (Å²) in [6.45, 7) is 7.30. The number of imidazole rings is 1. The smallest absolute Gasteiger partial charge is 0.272 e. The van der Waals surface area contributed by atoms with Gasteiger partial charge in [0.2, 0.25) is 5.91 Å². The molecule has 0 aliphatic carbocycles. The molecule has 1 saturated heterocycles. The third-order valence-corrected chi connectivity index (χ3v) is 4.82. The quantitative estimate of drug-likeness (QED) is 0.922. The van der Waals surface area contributed by atoms with Crippen molar-refractivity contribution in [1.82, 2.24) is 19.8 Å². The van der Waals surface area contributed by atoms with E-state index in [4.69, 9.17) is 4.42 Å². The van der Waals surface area contributed by atoms with E-state index in [9.17, 15) is 9.59 Å². The van der Waals surface area contributed by atoms with Crippen LogP contribution in [0.5, 0.6) is 0 Å². The second-order valence-electron chi connectivity index (χ2n) is 6.46. The zero-order chi connectivity index (χ0) is 18.0. The van der Waals surface area contributed by atoms with E-state index >= 15 is 0 Å². The van der Waals surface area contributed by atoms with Crippen LogP contribution in [-0.4, -0.2) is 39.4 Å². The summed E-state index contributed by atoms with van der Waals surface area (Å²) in [6.07, 6.45) is 3.34. The minimum Gasteiger partial charge on any atom is -0.467 e. The molecule has 1 aliphatic heterocycles. The Balaban J connectivity index is 1.70. The summed E-state index contributed by atoms with van der Waals surface area (Å²) < 4.78 is 7.37. The minimum absolute atomic E-state index is 0.121. The molecular weight excluding hydrogens is 320 g/mol. The van der Waals surface area contributed by atoms with Crippen molar-refractivity contribution >= 4 is 11.8 Å². The first-order valence-electron chi connectivity index (χ1n) is 8.59. The lowest BCUT2D eigenvalue weighted by Gasteiger charge is -2.33. The number of hydrogen-bond acceptors (Lipinski definition) is 4. The van der Waals surface area contributed by atoms with Crippen molar-refractivity contribution in [3.63, 3.8) is 0 Å². The molecule has 25 heavy (non-hydrogen) atoms. The molecule has 3 heterocycles. The van der Waals surface area contributed by atoms with Gasteiger partial charge in [-0.1, -0.05) is 0 Å². The summed E-state index contributed by atoms with van der Waals surface area (Å²) >= 11 is 0. The number of nitrogens with zero attached hydrogens (tertiary/aromatic N) is 3. The highest BCUT2D eigenvalue weighted by molar-refractivity contribution is 5.93. The van der Waals surface area contributed by atoms with Crippen LogP contribution < -0.4 is 5.32 Å². The van der Waals surface area contributed by atoms with E-state index in [0.717, 1.165) is 37.4 Å². The average Bonchev–Trinajstić information content (AvgIpc) is 3.21. The monoisotopic (exact) mass is 344 g/mol. The predicted octanol–water partition coefficient (Wildman–Crippen LogP) is 2.21. The van der Waals surface area contributed by atoms with Crippen LogP contribution in [0.1, 0.15) is 53.6 Å². The first-order chi connectivity index (χ1) is 12.0. The Morgan fingerprint density at radius 1 is 1.32 bits per heavy atom. The molecule has 2 aromatic rings. The number of furan rings is 1. The van der Waals surface area contributed by atoms with E-state index in [2.05, 4.69) is 14.9 Å². The molecule has 0 radical (unpaired) electrons. The van der Waals surface area contributed by atoms with Crippen molar-refractivity contribution in [2.75, 3.05) is 13.1 Å². The Morgan fingerprint density at radius 3 is 2.64 bits per heavy atom. The number of amides is 2. The summed E-state index contributed by atoms with van der Waals surface area (Å²) in [5.41, 5.74) is 1.33. The van der Waals surface area contributed by atoms with E-state index in [1.165, 1.54) is 0 Å². The lowest BCUT2D eigenvalue weighted by atomic mass is 10.0. The molecule has 0 spiro atoms. The van der Waals surface area contributed by atoms with Gasteiger partial charge in [0, 0.05) is 31.7 Å². The summed E-state index contributed by atoms with van der Waals surface area (Å²) in [5.74, 6) is 1.47. The maximum Gasteiger partial charge on any atom is 0.272 e. The molecule has 134 valence electrons. The summed E-state index contributed by atoms with van der Waals surface area (Å²) in [6, 6.07) is 3.88. The van der Waals surface area contributed by atoms with E-state index in [-0.39, 0.29) is 17.9 Å². The largest absolute Gasteiger partial charge is 0.467 e. The van der Waals surface area contributed by atoms with Gasteiger partial charge in [-0.15, -0.1) is 0 Å². The van der Waals surface area contributed by atoms with Crippen molar-refractivity contribution in [3.8, 4) is 0 Å². The first-order valence-corrected chi connectivity index (χ1v) is 8.59. The third kappa shape index (κ3) is 3.60. The second-order valence-corrected chi connectivity index (χ2v) is 6.46. The van der Waals surface area contributed by atoms with Gasteiger partial charge in [0.15, 0.2) is 0 Å². The number of likely N-dealkylation sites (tertiary alicyclic amines) is 1. The van der Waals surface area contributed by atoms with E-state index < -0.39 is 0 Å². The van der Waals surface area contributed by atoms with Gasteiger partial charge in [-0.3, -0.25) is 9.59 Å². The number of carbonyl (C=O) groups is 2. The van der Waals surface area contributed by atoms with Crippen LogP contribution in [0.3, 0.4) is 0 Å². The van der Waals surface area contributed by atoms with Crippen LogP contribution in [0.15, 0.2) is 22.8 Å². The molecule has 2 amide bonds. The molecule has 1 fully saturated rings. The van der Waals surface area contributed by atoms with Gasteiger partial charge in [0.05, 0.1) is 12.8 Å². The van der Waals surface area contributed by atoms with Crippen LogP contribution in [0, 0.1) is 13.8 Å². The van der Waals surface area contributed by atoms with Crippen LogP contribution in [0.2, 0.25) is 0 Å². The Hall–Kier alpha value is -2.57. The molecule has 0 bridgehead atoms. The normalized spacial score (nSPS) is 15.4. The topological polar surface area (TPSA) is 80.4 Å². The number of nitrogens with one attached hydrogen (secondary N) is 1. The molecule has 0 atom stereocenters. The van der Waals surface area contributed by atoms with Crippen molar-refractivity contribution in [3.05, 3.63) is 41.4 Å². The van der Waals surface area contributed by atoms with E-state index in [1.54, 1.807) is 19.3 Å². The standard InChI is InChI=1S/C18H24N4O3/c1-12-17(18(24)19-11-16-5-4-10-25-16)20-13(2)22(12)15-6-8-21(9-7-15)14(3)23/h4-5,10,15H,6-9,11H2,1-3H3,(H,19,24). The van der Waals surface area contributed by atoms with Crippen LogP contribution in [0.4, 0.5) is 0 Å². The van der Waals surface area contributed by atoms with Gasteiger partial charge in [-0.2, -0.15) is 0 Å². The molecule has 1 aliphatic rings. The second kappa shape index (κ2) is 7.13. The van der Waals surface area contributed by atoms with Crippen molar-refractivity contribution in [2.45, 2.75) is 46.2 Å². The molecular formula is C18H24N4O3. The van der Waals surface area contributed by atoms with Gasteiger partial charge in [-0.05, 0) is 38.8 Å². The molecule has 7 nitrogen and oxygen atoms in total. The maximum absolute atomic E-state index is 12.5. The predicted molar refractivity (Wildman–Crippen MR) is 92.1 cm³/mol. The number of rotatable bonds is 4. The molecule has 0 aromatic carbocycles. The van der Waals surface area contributed by atoms with Crippen molar-refractivity contribution in [2.24, 2.45) is 0 Å². The van der Waals surface area contributed by atoms with Crippen LogP contribution in [0.25, 0.3) is 0 Å². The van der Waals surface area contributed by atoms with Gasteiger partial charge < -0.3 is 19.2 Å². The van der Waals surface area contributed by atoms with Gasteiger partial charge in [0.25, 0.3) is 5.91 Å². The average molecular weight is 344 g/mol. The summed E-state index contributed by atoms with van der Waals surface area (Å²) in [7, 11) is 0. The van der Waals surface area contributed by atoms with E-state index in [1.807, 2.05) is 24.8 Å². The Labute approximate surface area is 147 Å². The number of hydrogen-bond donors (Lipinski definition) is 1. The fraction of sp³-hybridized carbons (Fsp3) is 0.500. The number of aryl methyl sites for hydroxylation is 1. The van der Waals surface area contributed by atoms with Crippen LogP contribution >= 0.6 is 0 Å². The van der Waals surface area contributed by atoms with Crippen molar-refractivity contribution in [1.29, 1.82) is 0 Å². The number of aromatic nitrogens is 2. The fourth-order valence-corrected chi connectivity index (χ4v) is 3.51. The lowest BCUT2D eigenvalue weighted by Crippen LogP contribution is -2.38. The lowest BCUT2D eigenvalue weighted by molar-refractivity contribution is -0.130. The zero-order valence-corrected chi connectivity index (χ0v) is 14.9. The summed E-state index contributed by atoms with van der Waals surface area (Å²) in [5, 5.41) is 2.85. The molecule has 0 saturated carbocycles.